The Kier molecular flexibility index (Phi) is 6.64. The van der Waals surface area contributed by atoms with E-state index in [4.69, 9.17) is 23.2 Å². The van der Waals surface area contributed by atoms with E-state index in [1.54, 1.807) is 4.90 Å². The molecule has 1 heterocycles. The van der Waals surface area contributed by atoms with Crippen LogP contribution < -0.4 is 10.6 Å². The van der Waals surface area contributed by atoms with Gasteiger partial charge in [0.05, 0.1) is 21.5 Å². The van der Waals surface area contributed by atoms with Crippen molar-refractivity contribution >= 4 is 45.2 Å². The van der Waals surface area contributed by atoms with Gasteiger partial charge >= 0.3 is 6.03 Å². The number of urea groups is 1. The first-order valence-electron chi connectivity index (χ1n) is 7.43. The summed E-state index contributed by atoms with van der Waals surface area (Å²) in [5.41, 5.74) is 0. The molecule has 8 nitrogen and oxygen atoms in total. The second-order valence-electron chi connectivity index (χ2n) is 5.38. The zero-order valence-corrected chi connectivity index (χ0v) is 15.8. The predicted octanol–water partition coefficient (Wildman–Crippen LogP) is 0.755. The van der Waals surface area contributed by atoms with Crippen LogP contribution in [0.3, 0.4) is 0 Å². The number of nitrogens with one attached hydrogen (secondary N) is 2. The van der Waals surface area contributed by atoms with Crippen molar-refractivity contribution in [3.05, 3.63) is 28.2 Å². The molecular weight excluding hydrogens is 391 g/mol. The number of hydrogen-bond acceptors (Lipinski definition) is 5. The molecule has 0 spiro atoms. The maximum absolute atomic E-state index is 12.6. The van der Waals surface area contributed by atoms with Gasteiger partial charge in [0.25, 0.3) is 0 Å². The summed E-state index contributed by atoms with van der Waals surface area (Å²) in [5, 5.41) is 4.91. The number of halogens is 2. The van der Waals surface area contributed by atoms with Crippen LogP contribution in [0.4, 0.5) is 4.79 Å². The summed E-state index contributed by atoms with van der Waals surface area (Å²) in [6.45, 7) is 1.24. The molecule has 0 saturated carbocycles. The molecule has 1 aromatic rings. The molecule has 138 valence electrons. The fourth-order valence-corrected chi connectivity index (χ4v) is 4.16. The number of carbonyl (C=O) groups is 2. The molecule has 1 fully saturated rings. The molecule has 2 rings (SSSR count). The number of piperazine rings is 1. The van der Waals surface area contributed by atoms with Crippen LogP contribution in [0.25, 0.3) is 0 Å². The van der Waals surface area contributed by atoms with Crippen molar-refractivity contribution in [1.82, 2.24) is 19.8 Å². The van der Waals surface area contributed by atoms with E-state index in [-0.39, 0.29) is 34.6 Å². The van der Waals surface area contributed by atoms with E-state index in [0.717, 1.165) is 0 Å². The lowest BCUT2D eigenvalue weighted by Crippen LogP contribution is -2.52. The van der Waals surface area contributed by atoms with Gasteiger partial charge in [0, 0.05) is 33.2 Å². The highest BCUT2D eigenvalue weighted by molar-refractivity contribution is 7.89. The number of benzene rings is 1. The highest BCUT2D eigenvalue weighted by atomic mass is 35.5. The van der Waals surface area contributed by atoms with E-state index < -0.39 is 22.0 Å². The number of nitrogens with zero attached hydrogens (tertiary/aromatic N) is 2. The Labute approximate surface area is 156 Å². The lowest BCUT2D eigenvalue weighted by Gasteiger charge is -2.33. The van der Waals surface area contributed by atoms with Gasteiger partial charge in [0.1, 0.15) is 0 Å². The first-order chi connectivity index (χ1) is 11.7. The van der Waals surface area contributed by atoms with E-state index in [1.807, 2.05) is 0 Å². The predicted molar refractivity (Wildman–Crippen MR) is 94.3 cm³/mol. The van der Waals surface area contributed by atoms with Crippen molar-refractivity contribution in [2.45, 2.75) is 4.90 Å². The fraction of sp³-hybridized carbons (Fsp3) is 0.429. The van der Waals surface area contributed by atoms with Crippen LogP contribution in [0.15, 0.2) is 23.1 Å². The minimum Gasteiger partial charge on any atom is -0.341 e. The fourth-order valence-electron chi connectivity index (χ4n) is 2.35. The summed E-state index contributed by atoms with van der Waals surface area (Å²) < 4.78 is 26.6. The van der Waals surface area contributed by atoms with Crippen molar-refractivity contribution in [2.75, 3.05) is 39.8 Å². The third-order valence-electron chi connectivity index (χ3n) is 3.71. The van der Waals surface area contributed by atoms with Gasteiger partial charge in [0.2, 0.25) is 15.9 Å². The second kappa shape index (κ2) is 8.33. The zero-order chi connectivity index (χ0) is 18.6. The molecular formula is C14H18Cl2N4O4S. The summed E-state index contributed by atoms with van der Waals surface area (Å²) in [6.07, 6.45) is 0. The average Bonchev–Trinajstić information content (AvgIpc) is 2.57. The lowest BCUT2D eigenvalue weighted by atomic mass is 10.3. The van der Waals surface area contributed by atoms with E-state index >= 15 is 0 Å². The van der Waals surface area contributed by atoms with Crippen molar-refractivity contribution in [3.63, 3.8) is 0 Å². The third kappa shape index (κ3) is 5.05. The van der Waals surface area contributed by atoms with Crippen LogP contribution in [-0.4, -0.2) is 69.3 Å². The zero-order valence-electron chi connectivity index (χ0n) is 13.5. The molecule has 1 aliphatic rings. The summed E-state index contributed by atoms with van der Waals surface area (Å²) in [6, 6.07) is 3.59. The number of sulfonamides is 1. The van der Waals surface area contributed by atoms with E-state index in [9.17, 15) is 18.0 Å². The molecule has 1 aliphatic heterocycles. The highest BCUT2D eigenvalue weighted by Crippen LogP contribution is 2.26. The van der Waals surface area contributed by atoms with Crippen LogP contribution >= 0.6 is 23.2 Å². The first-order valence-corrected chi connectivity index (χ1v) is 9.62. The summed E-state index contributed by atoms with van der Waals surface area (Å²) >= 11 is 11.7. The Bertz CT molecular complexity index is 764. The molecule has 0 unspecified atom stereocenters. The molecule has 0 radical (unpaired) electrons. The summed E-state index contributed by atoms with van der Waals surface area (Å²) in [4.78, 5) is 24.6. The van der Waals surface area contributed by atoms with Gasteiger partial charge in [-0.3, -0.25) is 15.0 Å². The highest BCUT2D eigenvalue weighted by Gasteiger charge is 2.29. The number of amides is 3. The molecule has 1 saturated heterocycles. The van der Waals surface area contributed by atoms with E-state index in [1.165, 1.54) is 29.6 Å². The topological polar surface area (TPSA) is 98.8 Å². The van der Waals surface area contributed by atoms with Gasteiger partial charge in [-0.25, -0.2) is 13.2 Å². The van der Waals surface area contributed by atoms with Crippen molar-refractivity contribution < 1.29 is 18.0 Å². The number of rotatable bonds is 4. The minimum absolute atomic E-state index is 0.0219. The largest absolute Gasteiger partial charge is 0.341 e. The van der Waals surface area contributed by atoms with Gasteiger partial charge in [-0.1, -0.05) is 23.2 Å². The Balaban J connectivity index is 1.95. The van der Waals surface area contributed by atoms with Gasteiger partial charge in [0.15, 0.2) is 0 Å². The van der Waals surface area contributed by atoms with Crippen LogP contribution in [0.5, 0.6) is 0 Å². The maximum Gasteiger partial charge on any atom is 0.321 e. The number of carbonyl (C=O) groups excluding carboxylic acids is 2. The molecule has 11 heteroatoms. The molecule has 25 heavy (non-hydrogen) atoms. The standard InChI is InChI=1S/C14H18Cl2N4O4S/c1-17-14(22)18-13(21)9-19-4-6-20(7-5-19)25(23,24)10-2-3-11(15)12(16)8-10/h2-3,8H,4-7,9H2,1H3,(H2,17,18,21,22). The summed E-state index contributed by atoms with van der Waals surface area (Å²) in [7, 11) is -2.27. The van der Waals surface area contributed by atoms with Gasteiger partial charge in [-0.2, -0.15) is 4.31 Å². The molecule has 0 atom stereocenters. The van der Waals surface area contributed by atoms with E-state index in [0.29, 0.717) is 13.1 Å². The Morgan fingerprint density at radius 2 is 1.76 bits per heavy atom. The average molecular weight is 409 g/mol. The van der Waals surface area contributed by atoms with Gasteiger partial charge < -0.3 is 5.32 Å². The van der Waals surface area contributed by atoms with Crippen molar-refractivity contribution in [2.24, 2.45) is 0 Å². The molecule has 2 N–H and O–H groups in total. The maximum atomic E-state index is 12.6. The van der Waals surface area contributed by atoms with Crippen LogP contribution in [0, 0.1) is 0 Å². The summed E-state index contributed by atoms with van der Waals surface area (Å²) in [5.74, 6) is -0.444. The molecule has 0 bridgehead atoms. The van der Waals surface area contributed by atoms with Crippen LogP contribution in [0.1, 0.15) is 0 Å². The SMILES string of the molecule is CNC(=O)NC(=O)CN1CCN(S(=O)(=O)c2ccc(Cl)c(Cl)c2)CC1. The van der Waals surface area contributed by atoms with E-state index in [2.05, 4.69) is 10.6 Å². The number of hydrogen-bond donors (Lipinski definition) is 2. The lowest BCUT2D eigenvalue weighted by molar-refractivity contribution is -0.121. The minimum atomic E-state index is -3.68. The van der Waals surface area contributed by atoms with Crippen LogP contribution in [-0.2, 0) is 14.8 Å². The smallest absolute Gasteiger partial charge is 0.321 e. The second-order valence-corrected chi connectivity index (χ2v) is 8.14. The first kappa shape index (κ1) is 19.9. The Morgan fingerprint density at radius 3 is 2.32 bits per heavy atom. The van der Waals surface area contributed by atoms with Crippen LogP contribution in [0.2, 0.25) is 10.0 Å². The van der Waals surface area contributed by atoms with Gasteiger partial charge in [-0.05, 0) is 18.2 Å². The molecule has 1 aromatic carbocycles. The monoisotopic (exact) mass is 408 g/mol. The Hall–Kier alpha value is -1.39. The molecule has 0 aromatic heterocycles. The van der Waals surface area contributed by atoms with Gasteiger partial charge in [-0.15, -0.1) is 0 Å². The Morgan fingerprint density at radius 1 is 1.12 bits per heavy atom. The molecule has 0 aliphatic carbocycles. The van der Waals surface area contributed by atoms with Crippen molar-refractivity contribution in [1.29, 1.82) is 0 Å². The number of imide groups is 1. The third-order valence-corrected chi connectivity index (χ3v) is 6.34. The van der Waals surface area contributed by atoms with Crippen molar-refractivity contribution in [3.8, 4) is 0 Å². The molecule has 3 amide bonds. The normalized spacial score (nSPS) is 16.4. The quantitative estimate of drug-likeness (QED) is 0.765.